The van der Waals surface area contributed by atoms with Crippen LogP contribution in [0.5, 0.6) is 5.88 Å². The molecule has 0 saturated heterocycles. The lowest BCUT2D eigenvalue weighted by Crippen LogP contribution is -2.20. The lowest BCUT2D eigenvalue weighted by Gasteiger charge is -2.16. The maximum atomic E-state index is 5.79. The van der Waals surface area contributed by atoms with E-state index in [1.165, 1.54) is 0 Å². The normalized spacial score (nSPS) is 13.0. The summed E-state index contributed by atoms with van der Waals surface area (Å²) < 4.78 is 5.79. The lowest BCUT2D eigenvalue weighted by atomic mass is 10.1. The minimum Gasteiger partial charge on any atom is -0.474 e. The predicted octanol–water partition coefficient (Wildman–Crippen LogP) is 3.04. The average Bonchev–Trinajstić information content (AvgIpc) is 2.27. The molecule has 0 spiro atoms. The number of hydrogen-bond donors (Lipinski definition) is 1. The highest BCUT2D eigenvalue weighted by Gasteiger charge is 2.08. The van der Waals surface area contributed by atoms with Crippen LogP contribution in [0.4, 0.5) is 0 Å². The molecule has 1 atom stereocenters. The monoisotopic (exact) mass is 265 g/mol. The summed E-state index contributed by atoms with van der Waals surface area (Å²) in [6, 6.07) is 0. The van der Waals surface area contributed by atoms with Crippen LogP contribution < -0.4 is 10.1 Å². The lowest BCUT2D eigenvalue weighted by molar-refractivity contribution is 0.184. The van der Waals surface area contributed by atoms with E-state index in [0.29, 0.717) is 17.7 Å². The number of hydrogen-bond acceptors (Lipinski definition) is 4. The first-order valence-corrected chi connectivity index (χ1v) is 7.15. The Kier molecular flexibility index (Phi) is 6.78. The van der Waals surface area contributed by atoms with Gasteiger partial charge < -0.3 is 10.1 Å². The smallest absolute Gasteiger partial charge is 0.232 e. The second kappa shape index (κ2) is 8.10. The molecule has 4 heteroatoms. The van der Waals surface area contributed by atoms with Gasteiger partial charge in [-0.2, -0.15) is 0 Å². The summed E-state index contributed by atoms with van der Waals surface area (Å²) in [7, 11) is 0. The van der Waals surface area contributed by atoms with E-state index < -0.39 is 0 Å². The fourth-order valence-corrected chi connectivity index (χ4v) is 1.94. The quantitative estimate of drug-likeness (QED) is 0.785. The Balaban J connectivity index is 2.47. The van der Waals surface area contributed by atoms with Crippen LogP contribution in [0, 0.1) is 11.8 Å². The third-order valence-corrected chi connectivity index (χ3v) is 2.65. The Hall–Kier alpha value is -1.16. The molecule has 0 aliphatic rings. The van der Waals surface area contributed by atoms with Crippen molar-refractivity contribution in [1.82, 2.24) is 15.3 Å². The highest BCUT2D eigenvalue weighted by Crippen LogP contribution is 2.12. The van der Waals surface area contributed by atoms with Gasteiger partial charge in [0.05, 0.1) is 18.0 Å². The van der Waals surface area contributed by atoms with E-state index in [9.17, 15) is 0 Å². The fraction of sp³-hybridized carbons (Fsp3) is 0.733. The zero-order valence-electron chi connectivity index (χ0n) is 12.8. The topological polar surface area (TPSA) is 47.0 Å². The SMILES string of the molecule is CC(C)CNCc1cncc(OC(C)CC(C)C)n1. The molecule has 19 heavy (non-hydrogen) atoms. The molecular formula is C15H27N3O. The summed E-state index contributed by atoms with van der Waals surface area (Å²) >= 11 is 0. The van der Waals surface area contributed by atoms with E-state index in [1.807, 2.05) is 0 Å². The molecule has 0 aliphatic carbocycles. The van der Waals surface area contributed by atoms with Gasteiger partial charge in [-0.3, -0.25) is 4.98 Å². The van der Waals surface area contributed by atoms with Crippen LogP contribution in [0.25, 0.3) is 0 Å². The molecule has 4 nitrogen and oxygen atoms in total. The highest BCUT2D eigenvalue weighted by molar-refractivity contribution is 5.08. The van der Waals surface area contributed by atoms with Crippen molar-refractivity contribution in [3.05, 3.63) is 18.1 Å². The summed E-state index contributed by atoms with van der Waals surface area (Å²) in [4.78, 5) is 8.66. The van der Waals surface area contributed by atoms with Gasteiger partial charge in [0.15, 0.2) is 0 Å². The zero-order chi connectivity index (χ0) is 14.3. The van der Waals surface area contributed by atoms with Crippen LogP contribution in [0.3, 0.4) is 0 Å². The van der Waals surface area contributed by atoms with Crippen LogP contribution in [0.15, 0.2) is 12.4 Å². The van der Waals surface area contributed by atoms with Crippen molar-refractivity contribution in [3.8, 4) is 5.88 Å². The molecule has 1 N–H and O–H groups in total. The fourth-order valence-electron chi connectivity index (χ4n) is 1.94. The standard InChI is InChI=1S/C15H27N3O/c1-11(2)6-13(5)19-15-10-17-9-14(18-15)8-16-7-12(3)4/h9-13,16H,6-8H2,1-5H3. The van der Waals surface area contributed by atoms with E-state index in [2.05, 4.69) is 49.9 Å². The van der Waals surface area contributed by atoms with Crippen LogP contribution in [-0.4, -0.2) is 22.6 Å². The van der Waals surface area contributed by atoms with Crippen molar-refractivity contribution < 1.29 is 4.74 Å². The highest BCUT2D eigenvalue weighted by atomic mass is 16.5. The Morgan fingerprint density at radius 2 is 1.84 bits per heavy atom. The number of nitrogens with zero attached hydrogens (tertiary/aromatic N) is 2. The molecule has 0 radical (unpaired) electrons. The van der Waals surface area contributed by atoms with Crippen molar-refractivity contribution in [2.45, 2.75) is 53.7 Å². The first-order chi connectivity index (χ1) is 8.97. The van der Waals surface area contributed by atoms with Crippen LogP contribution in [0.1, 0.15) is 46.7 Å². The minimum atomic E-state index is 0.174. The van der Waals surface area contributed by atoms with Crippen LogP contribution in [-0.2, 0) is 6.54 Å². The molecule has 108 valence electrons. The molecule has 0 aromatic carbocycles. The molecule has 1 aromatic heterocycles. The Labute approximate surface area is 117 Å². The van der Waals surface area contributed by atoms with E-state index in [1.54, 1.807) is 12.4 Å². The number of rotatable bonds is 8. The van der Waals surface area contributed by atoms with Crippen LogP contribution in [0.2, 0.25) is 0 Å². The molecule has 1 unspecified atom stereocenters. The predicted molar refractivity (Wildman–Crippen MR) is 78.1 cm³/mol. The van der Waals surface area contributed by atoms with Crippen molar-refractivity contribution in [2.24, 2.45) is 11.8 Å². The third-order valence-electron chi connectivity index (χ3n) is 2.65. The molecule has 0 aliphatic heterocycles. The van der Waals surface area contributed by atoms with Gasteiger partial charge in [0, 0.05) is 12.7 Å². The van der Waals surface area contributed by atoms with Gasteiger partial charge in [-0.25, -0.2) is 4.98 Å². The molecule has 0 saturated carbocycles. The number of nitrogens with one attached hydrogen (secondary N) is 1. The summed E-state index contributed by atoms with van der Waals surface area (Å²) in [5.74, 6) is 1.88. The van der Waals surface area contributed by atoms with Gasteiger partial charge >= 0.3 is 0 Å². The van der Waals surface area contributed by atoms with Gasteiger partial charge in [-0.15, -0.1) is 0 Å². The maximum absolute atomic E-state index is 5.79. The van der Waals surface area contributed by atoms with Crippen molar-refractivity contribution in [1.29, 1.82) is 0 Å². The number of ether oxygens (including phenoxy) is 1. The van der Waals surface area contributed by atoms with E-state index >= 15 is 0 Å². The number of aromatic nitrogens is 2. The van der Waals surface area contributed by atoms with Gasteiger partial charge in [0.1, 0.15) is 0 Å². The van der Waals surface area contributed by atoms with Crippen LogP contribution >= 0.6 is 0 Å². The largest absolute Gasteiger partial charge is 0.474 e. The summed E-state index contributed by atoms with van der Waals surface area (Å²) in [5.41, 5.74) is 0.926. The first kappa shape index (κ1) is 15.9. The van der Waals surface area contributed by atoms with E-state index in [0.717, 1.165) is 25.2 Å². The second-order valence-electron chi connectivity index (χ2n) is 5.93. The molecule has 1 aromatic rings. The summed E-state index contributed by atoms with van der Waals surface area (Å²) in [5, 5.41) is 3.36. The molecule has 0 bridgehead atoms. The molecule has 1 rings (SSSR count). The summed E-state index contributed by atoms with van der Waals surface area (Å²) in [6.07, 6.45) is 4.67. The Morgan fingerprint density at radius 3 is 2.47 bits per heavy atom. The maximum Gasteiger partial charge on any atom is 0.232 e. The molecule has 0 amide bonds. The van der Waals surface area contributed by atoms with Crippen molar-refractivity contribution >= 4 is 0 Å². The van der Waals surface area contributed by atoms with Crippen molar-refractivity contribution in [2.75, 3.05) is 6.54 Å². The Bertz CT molecular complexity index is 366. The van der Waals surface area contributed by atoms with Gasteiger partial charge in [0.25, 0.3) is 0 Å². The van der Waals surface area contributed by atoms with E-state index in [4.69, 9.17) is 4.74 Å². The van der Waals surface area contributed by atoms with Gasteiger partial charge in [-0.05, 0) is 31.7 Å². The minimum absolute atomic E-state index is 0.174. The second-order valence-corrected chi connectivity index (χ2v) is 5.93. The van der Waals surface area contributed by atoms with Crippen molar-refractivity contribution in [3.63, 3.8) is 0 Å². The third kappa shape index (κ3) is 7.11. The van der Waals surface area contributed by atoms with E-state index in [-0.39, 0.29) is 6.10 Å². The van der Waals surface area contributed by atoms with Gasteiger partial charge in [0.2, 0.25) is 5.88 Å². The van der Waals surface area contributed by atoms with Gasteiger partial charge in [-0.1, -0.05) is 27.7 Å². The molecular weight excluding hydrogens is 238 g/mol. The first-order valence-electron chi connectivity index (χ1n) is 7.15. The Morgan fingerprint density at radius 1 is 1.11 bits per heavy atom. The molecule has 1 heterocycles. The average molecular weight is 265 g/mol. The molecule has 0 fully saturated rings. The summed E-state index contributed by atoms with van der Waals surface area (Å²) in [6.45, 7) is 12.6. The zero-order valence-corrected chi connectivity index (χ0v) is 12.8.